The molecule has 0 N–H and O–H groups in total. The predicted octanol–water partition coefficient (Wildman–Crippen LogP) is 3.13. The summed E-state index contributed by atoms with van der Waals surface area (Å²) in [5, 5.41) is 0. The van der Waals surface area contributed by atoms with Gasteiger partial charge in [-0.1, -0.05) is 19.3 Å². The van der Waals surface area contributed by atoms with E-state index in [9.17, 15) is 0 Å². The van der Waals surface area contributed by atoms with Gasteiger partial charge in [0, 0.05) is 12.4 Å². The summed E-state index contributed by atoms with van der Waals surface area (Å²) >= 11 is 0. The Morgan fingerprint density at radius 1 is 1.00 bits per heavy atom. The van der Waals surface area contributed by atoms with Crippen LogP contribution >= 0.6 is 0 Å². The van der Waals surface area contributed by atoms with Crippen molar-refractivity contribution in [3.63, 3.8) is 0 Å². The maximum atomic E-state index is 4.04. The molecule has 1 aromatic heterocycles. The van der Waals surface area contributed by atoms with Crippen LogP contribution in [0, 0.1) is 0 Å². The molecule has 0 atom stereocenters. The van der Waals surface area contributed by atoms with Crippen molar-refractivity contribution in [3.8, 4) is 0 Å². The van der Waals surface area contributed by atoms with Crippen LogP contribution in [0.1, 0.15) is 43.6 Å². The second-order valence-corrected chi connectivity index (χ2v) is 3.62. The van der Waals surface area contributed by atoms with Crippen molar-refractivity contribution in [1.82, 2.24) is 4.98 Å². The van der Waals surface area contributed by atoms with E-state index in [1.165, 1.54) is 37.7 Å². The van der Waals surface area contributed by atoms with Gasteiger partial charge < -0.3 is 0 Å². The summed E-state index contributed by atoms with van der Waals surface area (Å²) < 4.78 is 0. The van der Waals surface area contributed by atoms with E-state index < -0.39 is 0 Å². The highest BCUT2D eigenvalue weighted by molar-refractivity contribution is 5.15. The van der Waals surface area contributed by atoms with Crippen molar-refractivity contribution < 1.29 is 0 Å². The Bertz CT molecular complexity index is 224. The summed E-state index contributed by atoms with van der Waals surface area (Å²) in [6.45, 7) is 0. The van der Waals surface area contributed by atoms with E-state index in [1.54, 1.807) is 0 Å². The minimum atomic E-state index is 0.821. The van der Waals surface area contributed by atoms with Gasteiger partial charge in [0.05, 0.1) is 0 Å². The second-order valence-electron chi connectivity index (χ2n) is 3.62. The molecule has 64 valence electrons. The van der Waals surface area contributed by atoms with Crippen molar-refractivity contribution in [2.45, 2.75) is 38.0 Å². The van der Waals surface area contributed by atoms with Gasteiger partial charge in [0.1, 0.15) is 0 Å². The van der Waals surface area contributed by atoms with Gasteiger partial charge in [-0.05, 0) is 36.5 Å². The Hall–Kier alpha value is -0.850. The Morgan fingerprint density at radius 3 is 2.33 bits per heavy atom. The normalized spacial score (nSPS) is 19.3. The minimum Gasteiger partial charge on any atom is -0.265 e. The molecule has 1 heteroatoms. The molecule has 1 aliphatic rings. The standard InChI is InChI=1S/C11H15N/c1-2-4-10(5-3-1)11-6-8-12-9-7-11/h6-10H,1-5H2. The van der Waals surface area contributed by atoms with E-state index in [0.29, 0.717) is 0 Å². The molecule has 0 spiro atoms. The lowest BCUT2D eigenvalue weighted by atomic mass is 9.85. The Morgan fingerprint density at radius 2 is 1.67 bits per heavy atom. The van der Waals surface area contributed by atoms with Crippen molar-refractivity contribution in [2.75, 3.05) is 0 Å². The molecule has 1 aliphatic carbocycles. The number of hydrogen-bond acceptors (Lipinski definition) is 1. The van der Waals surface area contributed by atoms with Crippen LogP contribution in [0.4, 0.5) is 0 Å². The zero-order chi connectivity index (χ0) is 8.23. The summed E-state index contributed by atoms with van der Waals surface area (Å²) in [4.78, 5) is 4.04. The van der Waals surface area contributed by atoms with Crippen LogP contribution in [0.3, 0.4) is 0 Å². The van der Waals surface area contributed by atoms with Crippen LogP contribution in [-0.2, 0) is 0 Å². The fourth-order valence-corrected chi connectivity index (χ4v) is 2.07. The lowest BCUT2D eigenvalue weighted by Crippen LogP contribution is -2.03. The van der Waals surface area contributed by atoms with Gasteiger partial charge in [-0.3, -0.25) is 4.98 Å². The maximum Gasteiger partial charge on any atom is 0.0270 e. The first-order valence-electron chi connectivity index (χ1n) is 4.87. The molecule has 12 heavy (non-hydrogen) atoms. The molecule has 0 aromatic carbocycles. The second kappa shape index (κ2) is 3.70. The number of rotatable bonds is 1. The number of hydrogen-bond donors (Lipinski definition) is 0. The smallest absolute Gasteiger partial charge is 0.0270 e. The summed E-state index contributed by atoms with van der Waals surface area (Å²) in [7, 11) is 0. The highest BCUT2D eigenvalue weighted by Crippen LogP contribution is 2.31. The first-order valence-corrected chi connectivity index (χ1v) is 4.87. The van der Waals surface area contributed by atoms with Crippen LogP contribution in [0.25, 0.3) is 0 Å². The van der Waals surface area contributed by atoms with Crippen LogP contribution in [0.5, 0.6) is 0 Å². The molecule has 1 heterocycles. The average Bonchev–Trinajstić information content (AvgIpc) is 2.21. The van der Waals surface area contributed by atoms with Crippen LogP contribution < -0.4 is 0 Å². The van der Waals surface area contributed by atoms with E-state index in [0.717, 1.165) is 5.92 Å². The van der Waals surface area contributed by atoms with Crippen LogP contribution in [0.2, 0.25) is 0 Å². The van der Waals surface area contributed by atoms with Gasteiger partial charge in [-0.25, -0.2) is 0 Å². The highest BCUT2D eigenvalue weighted by Gasteiger charge is 2.14. The van der Waals surface area contributed by atoms with E-state index in [-0.39, 0.29) is 0 Å². The largest absolute Gasteiger partial charge is 0.265 e. The molecule has 0 saturated heterocycles. The molecular formula is C11H15N. The van der Waals surface area contributed by atoms with E-state index in [4.69, 9.17) is 0 Å². The summed E-state index contributed by atoms with van der Waals surface area (Å²) in [5.41, 5.74) is 1.49. The molecule has 1 aromatic rings. The van der Waals surface area contributed by atoms with Crippen LogP contribution in [-0.4, -0.2) is 4.98 Å². The van der Waals surface area contributed by atoms with Gasteiger partial charge in [0.15, 0.2) is 0 Å². The van der Waals surface area contributed by atoms with Gasteiger partial charge in [-0.15, -0.1) is 0 Å². The molecule has 1 nitrogen and oxygen atoms in total. The molecule has 1 saturated carbocycles. The molecule has 0 unspecified atom stereocenters. The SMILES string of the molecule is c1cc(C2CCCCC2)ccn1. The molecule has 2 rings (SSSR count). The molecule has 0 radical (unpaired) electrons. The van der Waals surface area contributed by atoms with Gasteiger partial charge in [-0.2, -0.15) is 0 Å². The zero-order valence-corrected chi connectivity index (χ0v) is 7.37. The summed E-state index contributed by atoms with van der Waals surface area (Å²) in [6.07, 6.45) is 10.8. The van der Waals surface area contributed by atoms with Crippen molar-refractivity contribution >= 4 is 0 Å². The zero-order valence-electron chi connectivity index (χ0n) is 7.37. The Kier molecular flexibility index (Phi) is 2.40. The lowest BCUT2D eigenvalue weighted by molar-refractivity contribution is 0.443. The molecular weight excluding hydrogens is 146 g/mol. The third-order valence-electron chi connectivity index (χ3n) is 2.78. The predicted molar refractivity (Wildman–Crippen MR) is 50.1 cm³/mol. The van der Waals surface area contributed by atoms with E-state index in [1.807, 2.05) is 12.4 Å². The quantitative estimate of drug-likeness (QED) is 0.616. The van der Waals surface area contributed by atoms with Crippen molar-refractivity contribution in [2.24, 2.45) is 0 Å². The van der Waals surface area contributed by atoms with Crippen molar-refractivity contribution in [3.05, 3.63) is 30.1 Å². The molecule has 0 aliphatic heterocycles. The number of pyridine rings is 1. The summed E-state index contributed by atoms with van der Waals surface area (Å²) in [5.74, 6) is 0.821. The Balaban J connectivity index is 2.08. The molecule has 0 bridgehead atoms. The van der Waals surface area contributed by atoms with Gasteiger partial charge in [0.25, 0.3) is 0 Å². The number of nitrogens with zero attached hydrogens (tertiary/aromatic N) is 1. The van der Waals surface area contributed by atoms with Gasteiger partial charge >= 0.3 is 0 Å². The monoisotopic (exact) mass is 161 g/mol. The lowest BCUT2D eigenvalue weighted by Gasteiger charge is -2.21. The minimum absolute atomic E-state index is 0.821. The third-order valence-corrected chi connectivity index (χ3v) is 2.78. The first-order chi connectivity index (χ1) is 5.97. The van der Waals surface area contributed by atoms with Gasteiger partial charge in [0.2, 0.25) is 0 Å². The summed E-state index contributed by atoms with van der Waals surface area (Å²) in [6, 6.07) is 4.33. The Labute approximate surface area is 73.8 Å². The highest BCUT2D eigenvalue weighted by atomic mass is 14.6. The van der Waals surface area contributed by atoms with Crippen molar-refractivity contribution in [1.29, 1.82) is 0 Å². The molecule has 1 fully saturated rings. The van der Waals surface area contributed by atoms with Crippen LogP contribution in [0.15, 0.2) is 24.5 Å². The van der Waals surface area contributed by atoms with E-state index in [2.05, 4.69) is 17.1 Å². The fourth-order valence-electron chi connectivity index (χ4n) is 2.07. The topological polar surface area (TPSA) is 12.9 Å². The fraction of sp³-hybridized carbons (Fsp3) is 0.545. The maximum absolute atomic E-state index is 4.04. The third kappa shape index (κ3) is 1.66. The average molecular weight is 161 g/mol. The number of aromatic nitrogens is 1. The molecule has 0 amide bonds. The van der Waals surface area contributed by atoms with E-state index >= 15 is 0 Å². The first kappa shape index (κ1) is 7.78.